The number of rotatable bonds is 3. The van der Waals surface area contributed by atoms with Crippen molar-refractivity contribution in [3.05, 3.63) is 0 Å². The van der Waals surface area contributed by atoms with Gasteiger partial charge in [0.2, 0.25) is 0 Å². The van der Waals surface area contributed by atoms with Crippen LogP contribution in [0, 0.1) is 23.7 Å². The topological polar surface area (TPSA) is 40.5 Å². The third kappa shape index (κ3) is 3.96. The van der Waals surface area contributed by atoms with Crippen LogP contribution in [0.2, 0.25) is 0 Å². The lowest BCUT2D eigenvalue weighted by molar-refractivity contribution is 0.0484. The van der Waals surface area contributed by atoms with Crippen molar-refractivity contribution >= 4 is 0 Å². The van der Waals surface area contributed by atoms with E-state index in [-0.39, 0.29) is 12.2 Å². The van der Waals surface area contributed by atoms with Gasteiger partial charge in [-0.25, -0.2) is 0 Å². The molecule has 2 aliphatic carbocycles. The second-order valence-corrected chi connectivity index (χ2v) is 7.13. The van der Waals surface area contributed by atoms with Crippen LogP contribution in [0.1, 0.15) is 65.2 Å². The molecule has 2 aliphatic rings. The van der Waals surface area contributed by atoms with E-state index < -0.39 is 0 Å². The smallest absolute Gasteiger partial charge is 0.0545 e. The first kappa shape index (κ1) is 14.3. The highest BCUT2D eigenvalue weighted by molar-refractivity contribution is 4.81. The molecule has 6 atom stereocenters. The predicted molar refractivity (Wildman–Crippen MR) is 74.3 cm³/mol. The van der Waals surface area contributed by atoms with E-state index >= 15 is 0 Å². The van der Waals surface area contributed by atoms with Crippen molar-refractivity contribution in [2.45, 2.75) is 77.4 Å². The molecule has 2 heteroatoms. The minimum absolute atomic E-state index is 0.0536. The molecule has 18 heavy (non-hydrogen) atoms. The lowest BCUT2D eigenvalue weighted by Gasteiger charge is -2.36. The Morgan fingerprint density at radius 1 is 1.00 bits per heavy atom. The summed E-state index contributed by atoms with van der Waals surface area (Å²) in [5.41, 5.74) is 0. The van der Waals surface area contributed by atoms with E-state index in [1.54, 1.807) is 0 Å². The number of hydrogen-bond acceptors (Lipinski definition) is 2. The molecule has 0 aromatic heterocycles. The average molecular weight is 254 g/mol. The SMILES string of the molecule is CC(CC1C[C@@H](C)C[C@@H](O)C1)[C@@H]1CCC[C@@H](O)C1. The zero-order valence-electron chi connectivity index (χ0n) is 12.0. The van der Waals surface area contributed by atoms with Crippen molar-refractivity contribution in [3.63, 3.8) is 0 Å². The fourth-order valence-electron chi connectivity index (χ4n) is 4.34. The first-order chi connectivity index (χ1) is 8.54. The number of aliphatic hydroxyl groups excluding tert-OH is 2. The second kappa shape index (κ2) is 6.38. The van der Waals surface area contributed by atoms with Gasteiger partial charge in [0.25, 0.3) is 0 Å². The lowest BCUT2D eigenvalue weighted by atomic mass is 9.72. The van der Waals surface area contributed by atoms with Crippen molar-refractivity contribution in [2.24, 2.45) is 23.7 Å². The number of aliphatic hydroxyl groups is 2. The summed E-state index contributed by atoms with van der Waals surface area (Å²) in [7, 11) is 0. The highest BCUT2D eigenvalue weighted by Gasteiger charge is 2.30. The number of hydrogen-bond donors (Lipinski definition) is 2. The fourth-order valence-corrected chi connectivity index (χ4v) is 4.34. The minimum Gasteiger partial charge on any atom is -0.393 e. The van der Waals surface area contributed by atoms with Gasteiger partial charge < -0.3 is 10.2 Å². The molecule has 2 saturated carbocycles. The Hall–Kier alpha value is -0.0800. The first-order valence-corrected chi connectivity index (χ1v) is 7.90. The van der Waals surface area contributed by atoms with Crippen molar-refractivity contribution in [2.75, 3.05) is 0 Å². The summed E-state index contributed by atoms with van der Waals surface area (Å²) in [5.74, 6) is 2.81. The maximum Gasteiger partial charge on any atom is 0.0545 e. The van der Waals surface area contributed by atoms with Crippen LogP contribution in [0.3, 0.4) is 0 Å². The molecular weight excluding hydrogens is 224 g/mol. The van der Waals surface area contributed by atoms with Crippen molar-refractivity contribution in [3.8, 4) is 0 Å². The summed E-state index contributed by atoms with van der Waals surface area (Å²) in [6, 6.07) is 0. The van der Waals surface area contributed by atoms with Gasteiger partial charge in [-0.05, 0) is 62.2 Å². The van der Waals surface area contributed by atoms with Crippen molar-refractivity contribution in [1.29, 1.82) is 0 Å². The van der Waals surface area contributed by atoms with Gasteiger partial charge in [0.1, 0.15) is 0 Å². The molecule has 106 valence electrons. The molecule has 2 unspecified atom stereocenters. The van der Waals surface area contributed by atoms with Crippen LogP contribution in [0.15, 0.2) is 0 Å². The second-order valence-electron chi connectivity index (χ2n) is 7.13. The molecule has 0 aliphatic heterocycles. The maximum atomic E-state index is 9.88. The Kier molecular flexibility index (Phi) is 5.08. The molecule has 0 radical (unpaired) electrons. The highest BCUT2D eigenvalue weighted by atomic mass is 16.3. The van der Waals surface area contributed by atoms with Gasteiger partial charge in [-0.1, -0.05) is 26.7 Å². The quantitative estimate of drug-likeness (QED) is 0.810. The van der Waals surface area contributed by atoms with Gasteiger partial charge in [0, 0.05) is 0 Å². The van der Waals surface area contributed by atoms with E-state index in [4.69, 9.17) is 0 Å². The van der Waals surface area contributed by atoms with Crippen molar-refractivity contribution in [1.82, 2.24) is 0 Å². The van der Waals surface area contributed by atoms with Crippen LogP contribution < -0.4 is 0 Å². The summed E-state index contributed by atoms with van der Waals surface area (Å²) in [5, 5.41) is 19.7. The summed E-state index contributed by atoms with van der Waals surface area (Å²) < 4.78 is 0. The van der Waals surface area contributed by atoms with E-state index in [1.165, 1.54) is 25.7 Å². The van der Waals surface area contributed by atoms with Crippen LogP contribution >= 0.6 is 0 Å². The standard InChI is InChI=1S/C16H30O2/c1-11-6-13(9-16(18)7-11)8-12(2)14-4-3-5-15(17)10-14/h11-18H,3-10H2,1-2H3/t11-,12?,13?,14-,15-,16-/m1/s1. The normalized spacial score (nSPS) is 43.7. The molecule has 0 aromatic rings. The molecule has 0 spiro atoms. The average Bonchev–Trinajstić information content (AvgIpc) is 2.27. The van der Waals surface area contributed by atoms with Crippen LogP contribution in [-0.2, 0) is 0 Å². The largest absolute Gasteiger partial charge is 0.393 e. The van der Waals surface area contributed by atoms with Gasteiger partial charge >= 0.3 is 0 Å². The molecule has 0 amide bonds. The van der Waals surface area contributed by atoms with E-state index in [0.29, 0.717) is 23.7 Å². The molecule has 0 bridgehead atoms. The van der Waals surface area contributed by atoms with E-state index in [2.05, 4.69) is 13.8 Å². The summed E-state index contributed by atoms with van der Waals surface area (Å²) in [4.78, 5) is 0. The molecule has 2 fully saturated rings. The molecular formula is C16H30O2. The zero-order chi connectivity index (χ0) is 13.1. The zero-order valence-corrected chi connectivity index (χ0v) is 12.0. The fraction of sp³-hybridized carbons (Fsp3) is 1.00. The van der Waals surface area contributed by atoms with Crippen LogP contribution in [0.4, 0.5) is 0 Å². The van der Waals surface area contributed by atoms with Crippen LogP contribution in [-0.4, -0.2) is 22.4 Å². The molecule has 2 nitrogen and oxygen atoms in total. The highest BCUT2D eigenvalue weighted by Crippen LogP contribution is 2.38. The Balaban J connectivity index is 1.80. The maximum absolute atomic E-state index is 9.88. The predicted octanol–water partition coefficient (Wildman–Crippen LogP) is 3.36. The first-order valence-electron chi connectivity index (χ1n) is 7.90. The van der Waals surface area contributed by atoms with Gasteiger partial charge in [-0.3, -0.25) is 0 Å². The minimum atomic E-state index is -0.0668. The Morgan fingerprint density at radius 2 is 1.78 bits per heavy atom. The molecule has 0 saturated heterocycles. The van der Waals surface area contributed by atoms with Crippen LogP contribution in [0.5, 0.6) is 0 Å². The third-order valence-electron chi connectivity index (χ3n) is 5.21. The molecule has 2 N–H and O–H groups in total. The van der Waals surface area contributed by atoms with Crippen LogP contribution in [0.25, 0.3) is 0 Å². The van der Waals surface area contributed by atoms with Gasteiger partial charge in [0.05, 0.1) is 12.2 Å². The summed E-state index contributed by atoms with van der Waals surface area (Å²) in [6.45, 7) is 4.62. The Morgan fingerprint density at radius 3 is 2.44 bits per heavy atom. The van der Waals surface area contributed by atoms with Gasteiger partial charge in [0.15, 0.2) is 0 Å². The summed E-state index contributed by atoms with van der Waals surface area (Å²) >= 11 is 0. The molecule has 0 heterocycles. The van der Waals surface area contributed by atoms with Gasteiger partial charge in [-0.2, -0.15) is 0 Å². The summed E-state index contributed by atoms with van der Waals surface area (Å²) in [6.07, 6.45) is 8.91. The van der Waals surface area contributed by atoms with E-state index in [0.717, 1.165) is 25.7 Å². The monoisotopic (exact) mass is 254 g/mol. The van der Waals surface area contributed by atoms with Gasteiger partial charge in [-0.15, -0.1) is 0 Å². The third-order valence-corrected chi connectivity index (χ3v) is 5.21. The van der Waals surface area contributed by atoms with Crippen molar-refractivity contribution < 1.29 is 10.2 Å². The Labute approximate surface area is 112 Å². The van der Waals surface area contributed by atoms with E-state index in [1.807, 2.05) is 0 Å². The molecule has 0 aromatic carbocycles. The Bertz CT molecular complexity index is 243. The lowest BCUT2D eigenvalue weighted by Crippen LogP contribution is -2.29. The molecule has 2 rings (SSSR count). The van der Waals surface area contributed by atoms with E-state index in [9.17, 15) is 10.2 Å².